The maximum absolute atomic E-state index is 13.7. The van der Waals surface area contributed by atoms with Gasteiger partial charge in [0.25, 0.3) is 17.7 Å². The van der Waals surface area contributed by atoms with Gasteiger partial charge in [-0.3, -0.25) is 19.8 Å². The minimum atomic E-state index is -1.36. The quantitative estimate of drug-likeness (QED) is 0.408. The average Bonchev–Trinajstić information content (AvgIpc) is 3.52. The highest BCUT2D eigenvalue weighted by Crippen LogP contribution is 2.51. The molecular formula is C26H20N4O4S. The van der Waals surface area contributed by atoms with Crippen LogP contribution in [0.25, 0.3) is 22.0 Å². The van der Waals surface area contributed by atoms with Crippen LogP contribution >= 0.6 is 11.8 Å². The average molecular weight is 485 g/mol. The summed E-state index contributed by atoms with van der Waals surface area (Å²) >= 11 is 1.19. The van der Waals surface area contributed by atoms with E-state index < -0.39 is 10.8 Å². The molecule has 1 aromatic heterocycles. The molecule has 1 saturated heterocycles. The van der Waals surface area contributed by atoms with Gasteiger partial charge in [0, 0.05) is 27.7 Å². The molecule has 0 bridgehead atoms. The zero-order valence-corrected chi connectivity index (χ0v) is 19.4. The van der Waals surface area contributed by atoms with Crippen molar-refractivity contribution in [2.45, 2.75) is 4.87 Å². The second kappa shape index (κ2) is 7.92. The van der Waals surface area contributed by atoms with Gasteiger partial charge in [-0.2, -0.15) is 0 Å². The highest BCUT2D eigenvalue weighted by molar-refractivity contribution is 8.02. The van der Waals surface area contributed by atoms with Gasteiger partial charge in [0.05, 0.1) is 12.9 Å². The number of hydrogen-bond donors (Lipinski definition) is 3. The molecule has 3 N–H and O–H groups in total. The summed E-state index contributed by atoms with van der Waals surface area (Å²) in [6, 6.07) is 22.2. The van der Waals surface area contributed by atoms with Gasteiger partial charge in [-0.05, 0) is 29.8 Å². The summed E-state index contributed by atoms with van der Waals surface area (Å²) in [5.74, 6) is -0.512. The minimum absolute atomic E-state index is 0.0669. The SMILES string of the molecule is COc1ccc2[nH]c(C(=O)NN3C(=O)CSC34C(=O)Nc3ccccc34)c(-c3ccccc3)c2c1. The molecule has 3 amide bonds. The van der Waals surface area contributed by atoms with Crippen molar-refractivity contribution in [2.24, 2.45) is 0 Å². The standard InChI is InChI=1S/C26H20N4O4S/c1-34-16-11-12-19-17(13-16)22(15-7-3-2-4-8-15)23(27-19)24(32)29-30-21(31)14-35-26(30)18-9-5-6-10-20(18)28-25(26)33/h2-13,27H,14H2,1H3,(H,28,33)(H,29,32). The number of hydrogen-bond acceptors (Lipinski definition) is 5. The molecule has 3 aromatic carbocycles. The molecule has 0 aliphatic carbocycles. The number of ether oxygens (including phenoxy) is 1. The highest BCUT2D eigenvalue weighted by Gasteiger charge is 2.59. The summed E-state index contributed by atoms with van der Waals surface area (Å²) in [5.41, 5.74) is 6.56. The molecule has 6 rings (SSSR count). The van der Waals surface area contributed by atoms with Crippen molar-refractivity contribution >= 4 is 46.1 Å². The van der Waals surface area contributed by atoms with E-state index in [4.69, 9.17) is 4.74 Å². The summed E-state index contributed by atoms with van der Waals surface area (Å²) in [4.78, 5) is 41.6. The summed E-state index contributed by atoms with van der Waals surface area (Å²) in [5, 5.41) is 4.81. The first-order valence-electron chi connectivity index (χ1n) is 11.0. The van der Waals surface area contributed by atoms with E-state index in [0.29, 0.717) is 22.6 Å². The summed E-state index contributed by atoms with van der Waals surface area (Å²) in [6.07, 6.45) is 0. The number of aromatic amines is 1. The van der Waals surface area contributed by atoms with Crippen LogP contribution in [-0.2, 0) is 14.5 Å². The highest BCUT2D eigenvalue weighted by atomic mass is 32.2. The van der Waals surface area contributed by atoms with E-state index in [2.05, 4.69) is 15.7 Å². The van der Waals surface area contributed by atoms with Gasteiger partial charge in [0.15, 0.2) is 0 Å². The first-order valence-corrected chi connectivity index (χ1v) is 12.0. The number of H-pyrrole nitrogens is 1. The Morgan fingerprint density at radius 2 is 1.83 bits per heavy atom. The Morgan fingerprint density at radius 1 is 1.06 bits per heavy atom. The van der Waals surface area contributed by atoms with E-state index in [-0.39, 0.29) is 23.3 Å². The maximum Gasteiger partial charge on any atom is 0.287 e. The Labute approximate surface area is 204 Å². The maximum atomic E-state index is 13.7. The summed E-state index contributed by atoms with van der Waals surface area (Å²) in [7, 11) is 1.59. The number of rotatable bonds is 4. The zero-order valence-electron chi connectivity index (χ0n) is 18.6. The number of benzene rings is 3. The predicted octanol–water partition coefficient (Wildman–Crippen LogP) is 3.87. The lowest BCUT2D eigenvalue weighted by atomic mass is 10.0. The van der Waals surface area contributed by atoms with Crippen LogP contribution < -0.4 is 15.5 Å². The number of para-hydroxylation sites is 1. The van der Waals surface area contributed by atoms with Crippen molar-refractivity contribution in [3.8, 4) is 16.9 Å². The Bertz CT molecular complexity index is 1520. The van der Waals surface area contributed by atoms with Gasteiger partial charge in [-0.25, -0.2) is 5.01 Å². The van der Waals surface area contributed by atoms with Crippen LogP contribution in [0.15, 0.2) is 72.8 Å². The van der Waals surface area contributed by atoms with Crippen molar-refractivity contribution in [3.63, 3.8) is 0 Å². The third-order valence-electron chi connectivity index (χ3n) is 6.33. The monoisotopic (exact) mass is 484 g/mol. The van der Waals surface area contributed by atoms with Crippen LogP contribution in [0.1, 0.15) is 16.1 Å². The number of carbonyl (C=O) groups excluding carboxylic acids is 3. The second-order valence-electron chi connectivity index (χ2n) is 8.26. The third kappa shape index (κ3) is 3.12. The number of amides is 3. The van der Waals surface area contributed by atoms with Gasteiger partial charge in [-0.1, -0.05) is 48.5 Å². The van der Waals surface area contributed by atoms with E-state index in [9.17, 15) is 14.4 Å². The van der Waals surface area contributed by atoms with Crippen LogP contribution in [0.4, 0.5) is 5.69 Å². The normalized spacial score (nSPS) is 18.7. The molecule has 8 nitrogen and oxygen atoms in total. The fourth-order valence-electron chi connectivity index (χ4n) is 4.72. The van der Waals surface area contributed by atoms with Gasteiger partial charge >= 0.3 is 0 Å². The van der Waals surface area contributed by atoms with E-state index in [1.54, 1.807) is 19.2 Å². The molecule has 3 heterocycles. The first kappa shape index (κ1) is 21.3. The van der Waals surface area contributed by atoms with Crippen LogP contribution in [0, 0.1) is 0 Å². The number of aromatic nitrogens is 1. The van der Waals surface area contributed by atoms with Crippen molar-refractivity contribution in [1.29, 1.82) is 0 Å². The molecule has 4 aromatic rings. The number of thioether (sulfide) groups is 1. The number of carbonyl (C=O) groups is 3. The number of nitrogens with zero attached hydrogens (tertiary/aromatic N) is 1. The smallest absolute Gasteiger partial charge is 0.287 e. The van der Waals surface area contributed by atoms with Crippen LogP contribution in [0.2, 0.25) is 0 Å². The van der Waals surface area contributed by atoms with E-state index in [0.717, 1.165) is 16.5 Å². The van der Waals surface area contributed by atoms with Crippen molar-refractivity contribution < 1.29 is 19.1 Å². The second-order valence-corrected chi connectivity index (χ2v) is 9.42. The summed E-state index contributed by atoms with van der Waals surface area (Å²) in [6.45, 7) is 0. The molecule has 9 heteroatoms. The van der Waals surface area contributed by atoms with Crippen LogP contribution in [0.5, 0.6) is 5.75 Å². The van der Waals surface area contributed by atoms with Gasteiger partial charge in [-0.15, -0.1) is 11.8 Å². The molecule has 35 heavy (non-hydrogen) atoms. The molecule has 174 valence electrons. The van der Waals surface area contributed by atoms with Gasteiger partial charge in [0.2, 0.25) is 4.87 Å². The number of hydrazine groups is 1. The first-order chi connectivity index (χ1) is 17.0. The molecule has 2 aliphatic rings. The van der Waals surface area contributed by atoms with Gasteiger partial charge < -0.3 is 15.0 Å². The molecule has 1 unspecified atom stereocenters. The zero-order chi connectivity index (χ0) is 24.2. The summed E-state index contributed by atoms with van der Waals surface area (Å²) < 4.78 is 5.40. The van der Waals surface area contributed by atoms with Crippen molar-refractivity contribution in [3.05, 3.63) is 84.1 Å². The Balaban J connectivity index is 1.46. The number of fused-ring (bicyclic) bond motifs is 3. The molecular weight excluding hydrogens is 464 g/mol. The van der Waals surface area contributed by atoms with Gasteiger partial charge in [0.1, 0.15) is 11.4 Å². The lowest BCUT2D eigenvalue weighted by Crippen LogP contribution is -2.55. The molecule has 2 aliphatic heterocycles. The Morgan fingerprint density at radius 3 is 2.63 bits per heavy atom. The predicted molar refractivity (Wildman–Crippen MR) is 134 cm³/mol. The largest absolute Gasteiger partial charge is 0.497 e. The van der Waals surface area contributed by atoms with E-state index in [1.165, 1.54) is 16.8 Å². The lowest BCUT2D eigenvalue weighted by molar-refractivity contribution is -0.139. The topological polar surface area (TPSA) is 104 Å². The molecule has 1 atom stereocenters. The van der Waals surface area contributed by atoms with Crippen molar-refractivity contribution in [1.82, 2.24) is 15.4 Å². The Hall–Kier alpha value is -4.24. The van der Waals surface area contributed by atoms with E-state index in [1.807, 2.05) is 60.7 Å². The minimum Gasteiger partial charge on any atom is -0.497 e. The molecule has 0 saturated carbocycles. The lowest BCUT2D eigenvalue weighted by Gasteiger charge is -2.32. The number of anilines is 1. The number of nitrogens with one attached hydrogen (secondary N) is 3. The van der Waals surface area contributed by atoms with Crippen LogP contribution in [0.3, 0.4) is 0 Å². The fraction of sp³-hybridized carbons (Fsp3) is 0.115. The Kier molecular flexibility index (Phi) is 4.82. The van der Waals surface area contributed by atoms with Crippen molar-refractivity contribution in [2.75, 3.05) is 18.2 Å². The van der Waals surface area contributed by atoms with E-state index >= 15 is 0 Å². The molecule has 1 fully saturated rings. The molecule has 1 spiro atoms. The third-order valence-corrected chi connectivity index (χ3v) is 7.72. The fourth-order valence-corrected chi connectivity index (χ4v) is 5.98. The number of methoxy groups -OCH3 is 1. The molecule has 0 radical (unpaired) electrons. The van der Waals surface area contributed by atoms with Crippen LogP contribution in [-0.4, -0.2) is 40.6 Å².